The van der Waals surface area contributed by atoms with E-state index in [1.807, 2.05) is 31.2 Å². The number of anilines is 1. The Morgan fingerprint density at radius 3 is 2.55 bits per heavy atom. The summed E-state index contributed by atoms with van der Waals surface area (Å²) in [7, 11) is 0. The van der Waals surface area contributed by atoms with Crippen LogP contribution in [-0.2, 0) is 16.1 Å². The molecule has 1 rings (SSSR count). The van der Waals surface area contributed by atoms with Gasteiger partial charge in [0.1, 0.15) is 0 Å². The van der Waals surface area contributed by atoms with Gasteiger partial charge in [0, 0.05) is 37.9 Å². The maximum atomic E-state index is 11.7. The number of ether oxygens (including phenoxy) is 1. The Balaban J connectivity index is 2.31. The second kappa shape index (κ2) is 9.50. The van der Waals surface area contributed by atoms with Gasteiger partial charge in [-0.2, -0.15) is 0 Å². The number of benzene rings is 1. The molecule has 1 aromatic rings. The van der Waals surface area contributed by atoms with E-state index in [0.29, 0.717) is 25.7 Å². The molecule has 0 radical (unpaired) electrons. The molecule has 0 aliphatic heterocycles. The van der Waals surface area contributed by atoms with Crippen molar-refractivity contribution >= 4 is 11.6 Å². The summed E-state index contributed by atoms with van der Waals surface area (Å²) in [4.78, 5) is 11.7. The highest BCUT2D eigenvalue weighted by Crippen LogP contribution is 2.10. The lowest BCUT2D eigenvalue weighted by molar-refractivity contribution is -0.116. The van der Waals surface area contributed by atoms with E-state index >= 15 is 0 Å². The van der Waals surface area contributed by atoms with Gasteiger partial charge in [0.15, 0.2) is 0 Å². The van der Waals surface area contributed by atoms with Crippen LogP contribution in [-0.4, -0.2) is 25.2 Å². The van der Waals surface area contributed by atoms with E-state index in [-0.39, 0.29) is 5.91 Å². The monoisotopic (exact) mass is 278 g/mol. The SMILES string of the molecule is CCOCCCC(=O)Nc1ccc(CNC(C)C)cc1. The molecule has 0 aliphatic rings. The fourth-order valence-corrected chi connectivity index (χ4v) is 1.73. The Kier molecular flexibility index (Phi) is 7.92. The van der Waals surface area contributed by atoms with Gasteiger partial charge in [0.05, 0.1) is 0 Å². The van der Waals surface area contributed by atoms with Crippen LogP contribution in [0.3, 0.4) is 0 Å². The molecule has 0 unspecified atom stereocenters. The van der Waals surface area contributed by atoms with Crippen LogP contribution in [0.2, 0.25) is 0 Å². The molecule has 0 atom stereocenters. The highest BCUT2D eigenvalue weighted by molar-refractivity contribution is 5.90. The number of hydrogen-bond acceptors (Lipinski definition) is 3. The zero-order valence-electron chi connectivity index (χ0n) is 12.7. The van der Waals surface area contributed by atoms with Gasteiger partial charge < -0.3 is 15.4 Å². The third-order valence-corrected chi connectivity index (χ3v) is 2.85. The predicted molar refractivity (Wildman–Crippen MR) is 82.8 cm³/mol. The number of carbonyl (C=O) groups excluding carboxylic acids is 1. The smallest absolute Gasteiger partial charge is 0.224 e. The number of carbonyl (C=O) groups is 1. The van der Waals surface area contributed by atoms with Gasteiger partial charge in [0.2, 0.25) is 5.91 Å². The first kappa shape index (κ1) is 16.7. The lowest BCUT2D eigenvalue weighted by atomic mass is 10.2. The normalized spacial score (nSPS) is 10.8. The highest BCUT2D eigenvalue weighted by Gasteiger charge is 2.02. The minimum Gasteiger partial charge on any atom is -0.382 e. The van der Waals surface area contributed by atoms with E-state index < -0.39 is 0 Å². The predicted octanol–water partition coefficient (Wildman–Crippen LogP) is 2.94. The van der Waals surface area contributed by atoms with Gasteiger partial charge >= 0.3 is 0 Å². The first-order chi connectivity index (χ1) is 9.61. The molecular weight excluding hydrogens is 252 g/mol. The Morgan fingerprint density at radius 2 is 1.95 bits per heavy atom. The summed E-state index contributed by atoms with van der Waals surface area (Å²) < 4.78 is 5.21. The molecule has 20 heavy (non-hydrogen) atoms. The average Bonchev–Trinajstić information content (AvgIpc) is 2.43. The molecule has 4 nitrogen and oxygen atoms in total. The summed E-state index contributed by atoms with van der Waals surface area (Å²) in [5.41, 5.74) is 2.06. The van der Waals surface area contributed by atoms with Crippen molar-refractivity contribution in [2.75, 3.05) is 18.5 Å². The largest absolute Gasteiger partial charge is 0.382 e. The van der Waals surface area contributed by atoms with Crippen LogP contribution in [0.5, 0.6) is 0 Å². The first-order valence-corrected chi connectivity index (χ1v) is 7.31. The van der Waals surface area contributed by atoms with Crippen LogP contribution in [0.4, 0.5) is 5.69 Å². The third-order valence-electron chi connectivity index (χ3n) is 2.85. The van der Waals surface area contributed by atoms with Gasteiger partial charge in [-0.1, -0.05) is 26.0 Å². The van der Waals surface area contributed by atoms with E-state index in [0.717, 1.165) is 18.7 Å². The maximum Gasteiger partial charge on any atom is 0.224 e. The summed E-state index contributed by atoms with van der Waals surface area (Å²) in [6.45, 7) is 8.39. The Bertz CT molecular complexity index is 388. The molecule has 0 spiro atoms. The summed E-state index contributed by atoms with van der Waals surface area (Å²) in [5.74, 6) is 0.0396. The van der Waals surface area contributed by atoms with Crippen molar-refractivity contribution in [2.24, 2.45) is 0 Å². The van der Waals surface area contributed by atoms with Crippen LogP contribution in [0.1, 0.15) is 39.2 Å². The summed E-state index contributed by atoms with van der Waals surface area (Å²) >= 11 is 0. The molecule has 4 heteroatoms. The van der Waals surface area contributed by atoms with Gasteiger partial charge in [0.25, 0.3) is 0 Å². The van der Waals surface area contributed by atoms with Gasteiger partial charge in [-0.25, -0.2) is 0 Å². The zero-order valence-corrected chi connectivity index (χ0v) is 12.7. The Hall–Kier alpha value is -1.39. The van der Waals surface area contributed by atoms with Crippen LogP contribution >= 0.6 is 0 Å². The van der Waals surface area contributed by atoms with E-state index in [2.05, 4.69) is 24.5 Å². The van der Waals surface area contributed by atoms with Crippen molar-refractivity contribution in [3.05, 3.63) is 29.8 Å². The van der Waals surface area contributed by atoms with Crippen molar-refractivity contribution in [2.45, 2.75) is 46.2 Å². The molecule has 1 aromatic carbocycles. The highest BCUT2D eigenvalue weighted by atomic mass is 16.5. The number of hydrogen-bond donors (Lipinski definition) is 2. The lowest BCUT2D eigenvalue weighted by Crippen LogP contribution is -2.21. The summed E-state index contributed by atoms with van der Waals surface area (Å²) in [6.07, 6.45) is 1.26. The van der Waals surface area contributed by atoms with Crippen LogP contribution in [0, 0.1) is 0 Å². The minimum atomic E-state index is 0.0396. The lowest BCUT2D eigenvalue weighted by Gasteiger charge is -2.09. The quantitative estimate of drug-likeness (QED) is 0.683. The van der Waals surface area contributed by atoms with E-state index in [9.17, 15) is 4.79 Å². The second-order valence-corrected chi connectivity index (χ2v) is 5.08. The third kappa shape index (κ3) is 7.26. The molecular formula is C16H26N2O2. The average molecular weight is 278 g/mol. The zero-order chi connectivity index (χ0) is 14.8. The molecule has 0 saturated heterocycles. The van der Waals surface area contributed by atoms with E-state index in [4.69, 9.17) is 4.74 Å². The van der Waals surface area contributed by atoms with E-state index in [1.165, 1.54) is 5.56 Å². The van der Waals surface area contributed by atoms with Crippen molar-refractivity contribution in [1.82, 2.24) is 5.32 Å². The fourth-order valence-electron chi connectivity index (χ4n) is 1.73. The van der Waals surface area contributed by atoms with Crippen molar-refractivity contribution in [3.63, 3.8) is 0 Å². The van der Waals surface area contributed by atoms with E-state index in [1.54, 1.807) is 0 Å². The molecule has 0 aromatic heterocycles. The van der Waals surface area contributed by atoms with Gasteiger partial charge in [-0.05, 0) is 31.0 Å². The first-order valence-electron chi connectivity index (χ1n) is 7.31. The molecule has 1 amide bonds. The minimum absolute atomic E-state index is 0.0396. The molecule has 0 aliphatic carbocycles. The Morgan fingerprint density at radius 1 is 1.25 bits per heavy atom. The van der Waals surface area contributed by atoms with Crippen LogP contribution in [0.25, 0.3) is 0 Å². The Labute approximate surface area is 121 Å². The van der Waals surface area contributed by atoms with Gasteiger partial charge in [-0.15, -0.1) is 0 Å². The molecule has 112 valence electrons. The molecule has 0 bridgehead atoms. The summed E-state index contributed by atoms with van der Waals surface area (Å²) in [5, 5.41) is 6.26. The molecule has 2 N–H and O–H groups in total. The molecule has 0 heterocycles. The summed E-state index contributed by atoms with van der Waals surface area (Å²) in [6, 6.07) is 8.42. The van der Waals surface area contributed by atoms with Crippen LogP contribution < -0.4 is 10.6 Å². The van der Waals surface area contributed by atoms with Crippen LogP contribution in [0.15, 0.2) is 24.3 Å². The van der Waals surface area contributed by atoms with Crippen molar-refractivity contribution in [3.8, 4) is 0 Å². The fraction of sp³-hybridized carbons (Fsp3) is 0.562. The number of nitrogens with one attached hydrogen (secondary N) is 2. The molecule has 0 fully saturated rings. The second-order valence-electron chi connectivity index (χ2n) is 5.08. The molecule has 0 saturated carbocycles. The number of rotatable bonds is 9. The van der Waals surface area contributed by atoms with Gasteiger partial charge in [-0.3, -0.25) is 4.79 Å². The van der Waals surface area contributed by atoms with Crippen molar-refractivity contribution < 1.29 is 9.53 Å². The number of amides is 1. The maximum absolute atomic E-state index is 11.7. The van der Waals surface area contributed by atoms with Crippen molar-refractivity contribution in [1.29, 1.82) is 0 Å². The topological polar surface area (TPSA) is 50.4 Å². The standard InChI is InChI=1S/C16H26N2O2/c1-4-20-11-5-6-16(19)18-15-9-7-14(8-10-15)12-17-13(2)3/h7-10,13,17H,4-6,11-12H2,1-3H3,(H,18,19).